The highest BCUT2D eigenvalue weighted by molar-refractivity contribution is 5.86. The van der Waals surface area contributed by atoms with Crippen LogP contribution in [0.1, 0.15) is 27.7 Å². The lowest BCUT2D eigenvalue weighted by Crippen LogP contribution is -2.43. The first-order valence-corrected chi connectivity index (χ1v) is 5.95. The van der Waals surface area contributed by atoms with Gasteiger partial charge in [-0.25, -0.2) is 5.48 Å². The summed E-state index contributed by atoms with van der Waals surface area (Å²) in [6, 6.07) is 0. The SMILES string of the molecule is C=C.CC(C)(N=NC(C)(C)C(=O)NCCO)C(=O)NO. The first-order valence-electron chi connectivity index (χ1n) is 5.95. The van der Waals surface area contributed by atoms with E-state index in [0.717, 1.165) is 0 Å². The summed E-state index contributed by atoms with van der Waals surface area (Å²) < 4.78 is 0. The molecule has 4 N–H and O–H groups in total. The molecule has 0 aromatic rings. The zero-order valence-corrected chi connectivity index (χ0v) is 12.4. The van der Waals surface area contributed by atoms with Crippen LogP contribution < -0.4 is 10.8 Å². The number of hydrogen-bond acceptors (Lipinski definition) is 6. The minimum atomic E-state index is -1.27. The summed E-state index contributed by atoms with van der Waals surface area (Å²) in [6.45, 7) is 11.9. The van der Waals surface area contributed by atoms with Crippen LogP contribution in [0.15, 0.2) is 23.4 Å². The molecular weight excluding hydrogens is 264 g/mol. The highest BCUT2D eigenvalue weighted by Crippen LogP contribution is 2.16. The summed E-state index contributed by atoms with van der Waals surface area (Å²) in [5.74, 6) is -1.14. The van der Waals surface area contributed by atoms with E-state index in [1.54, 1.807) is 0 Å². The van der Waals surface area contributed by atoms with Gasteiger partial charge in [0.2, 0.25) is 5.91 Å². The Balaban J connectivity index is 0. The summed E-state index contributed by atoms with van der Waals surface area (Å²) in [5.41, 5.74) is -0.960. The largest absolute Gasteiger partial charge is 0.395 e. The summed E-state index contributed by atoms with van der Waals surface area (Å²) in [5, 5.41) is 27.1. The fourth-order valence-corrected chi connectivity index (χ4v) is 0.863. The van der Waals surface area contributed by atoms with Gasteiger partial charge in [0.25, 0.3) is 5.91 Å². The highest BCUT2D eigenvalue weighted by atomic mass is 16.5. The molecule has 8 nitrogen and oxygen atoms in total. The Morgan fingerprint density at radius 3 is 1.80 bits per heavy atom. The number of nitrogens with one attached hydrogen (secondary N) is 2. The molecule has 8 heteroatoms. The molecule has 0 radical (unpaired) electrons. The Labute approximate surface area is 118 Å². The van der Waals surface area contributed by atoms with Gasteiger partial charge in [-0.3, -0.25) is 14.8 Å². The molecule has 20 heavy (non-hydrogen) atoms. The highest BCUT2D eigenvalue weighted by Gasteiger charge is 2.31. The Kier molecular flexibility index (Phi) is 9.40. The van der Waals surface area contributed by atoms with Gasteiger partial charge < -0.3 is 10.4 Å². The maximum atomic E-state index is 11.7. The van der Waals surface area contributed by atoms with E-state index in [9.17, 15) is 9.59 Å². The van der Waals surface area contributed by atoms with Crippen molar-refractivity contribution in [3.8, 4) is 0 Å². The van der Waals surface area contributed by atoms with Gasteiger partial charge >= 0.3 is 0 Å². The Hall–Kier alpha value is -1.80. The summed E-state index contributed by atoms with van der Waals surface area (Å²) >= 11 is 0. The van der Waals surface area contributed by atoms with Gasteiger partial charge in [0.05, 0.1) is 6.61 Å². The van der Waals surface area contributed by atoms with Gasteiger partial charge in [0.15, 0.2) is 11.1 Å². The second kappa shape index (κ2) is 9.16. The van der Waals surface area contributed by atoms with E-state index in [1.165, 1.54) is 33.2 Å². The predicted molar refractivity (Wildman–Crippen MR) is 74.3 cm³/mol. The van der Waals surface area contributed by atoms with Crippen molar-refractivity contribution in [2.75, 3.05) is 13.2 Å². The van der Waals surface area contributed by atoms with Gasteiger partial charge in [0, 0.05) is 6.54 Å². The molecule has 0 aliphatic heterocycles. The van der Waals surface area contributed by atoms with E-state index < -0.39 is 22.9 Å². The van der Waals surface area contributed by atoms with Gasteiger partial charge in [-0.05, 0) is 27.7 Å². The molecule has 0 heterocycles. The van der Waals surface area contributed by atoms with E-state index in [0.29, 0.717) is 0 Å². The third-order valence-electron chi connectivity index (χ3n) is 2.16. The lowest BCUT2D eigenvalue weighted by atomic mass is 10.1. The molecule has 0 aliphatic carbocycles. The first-order chi connectivity index (χ1) is 9.17. The third-order valence-corrected chi connectivity index (χ3v) is 2.16. The van der Waals surface area contributed by atoms with E-state index in [1.807, 2.05) is 0 Å². The van der Waals surface area contributed by atoms with Crippen LogP contribution in [-0.2, 0) is 9.59 Å². The minimum absolute atomic E-state index is 0.123. The number of aliphatic hydroxyl groups excluding tert-OH is 1. The van der Waals surface area contributed by atoms with E-state index in [2.05, 4.69) is 28.7 Å². The molecule has 116 valence electrons. The molecule has 0 spiro atoms. The molecule has 0 unspecified atom stereocenters. The Morgan fingerprint density at radius 2 is 1.45 bits per heavy atom. The number of azo groups is 1. The third kappa shape index (κ3) is 6.95. The lowest BCUT2D eigenvalue weighted by Gasteiger charge is -2.21. The van der Waals surface area contributed by atoms with Crippen LogP contribution in [0.25, 0.3) is 0 Å². The van der Waals surface area contributed by atoms with Crippen molar-refractivity contribution < 1.29 is 19.9 Å². The molecule has 0 fully saturated rings. The first kappa shape index (κ1) is 20.5. The van der Waals surface area contributed by atoms with Crippen molar-refractivity contribution >= 4 is 11.8 Å². The van der Waals surface area contributed by atoms with Crippen LogP contribution in [0.4, 0.5) is 0 Å². The summed E-state index contributed by atoms with van der Waals surface area (Å²) in [6.07, 6.45) is 0. The van der Waals surface area contributed by atoms with Crippen LogP contribution >= 0.6 is 0 Å². The Morgan fingerprint density at radius 1 is 1.05 bits per heavy atom. The summed E-state index contributed by atoms with van der Waals surface area (Å²) in [4.78, 5) is 22.9. The quantitative estimate of drug-likeness (QED) is 0.244. The van der Waals surface area contributed by atoms with Crippen molar-refractivity contribution in [1.82, 2.24) is 10.8 Å². The molecular formula is C12H24N4O4. The maximum absolute atomic E-state index is 11.7. The molecule has 2 amide bonds. The number of rotatable bonds is 6. The Bertz CT molecular complexity index is 353. The van der Waals surface area contributed by atoms with Crippen molar-refractivity contribution in [1.29, 1.82) is 0 Å². The number of carbonyl (C=O) groups excluding carboxylic acids is 2. The van der Waals surface area contributed by atoms with Gasteiger partial charge in [-0.2, -0.15) is 10.2 Å². The van der Waals surface area contributed by atoms with Crippen LogP contribution in [0.2, 0.25) is 0 Å². The molecule has 0 saturated heterocycles. The molecule has 0 saturated carbocycles. The van der Waals surface area contributed by atoms with Crippen molar-refractivity contribution in [3.63, 3.8) is 0 Å². The predicted octanol–water partition coefficient (Wildman–Crippen LogP) is 0.412. The normalized spacial score (nSPS) is 11.5. The molecule has 0 aromatic heterocycles. The zero-order chi connectivity index (χ0) is 16.4. The van der Waals surface area contributed by atoms with Gasteiger partial charge in [-0.1, -0.05) is 0 Å². The number of amides is 2. The van der Waals surface area contributed by atoms with Crippen molar-refractivity contribution in [2.24, 2.45) is 10.2 Å². The molecule has 0 rings (SSSR count). The molecule has 0 aromatic carbocycles. The summed E-state index contributed by atoms with van der Waals surface area (Å²) in [7, 11) is 0. The molecule has 0 aliphatic rings. The second-order valence-corrected chi connectivity index (χ2v) is 4.74. The fourth-order valence-electron chi connectivity index (χ4n) is 0.863. The van der Waals surface area contributed by atoms with E-state index in [4.69, 9.17) is 10.3 Å². The van der Waals surface area contributed by atoms with E-state index >= 15 is 0 Å². The van der Waals surface area contributed by atoms with Gasteiger partial charge in [0.1, 0.15) is 0 Å². The number of aliphatic hydroxyl groups is 1. The monoisotopic (exact) mass is 288 g/mol. The number of nitrogens with zero attached hydrogens (tertiary/aromatic N) is 2. The van der Waals surface area contributed by atoms with Crippen molar-refractivity contribution in [2.45, 2.75) is 38.8 Å². The van der Waals surface area contributed by atoms with Crippen LogP contribution in [0.5, 0.6) is 0 Å². The number of hydrogen-bond donors (Lipinski definition) is 4. The fraction of sp³-hybridized carbons (Fsp3) is 0.667. The van der Waals surface area contributed by atoms with Crippen LogP contribution in [0.3, 0.4) is 0 Å². The van der Waals surface area contributed by atoms with Gasteiger partial charge in [-0.15, -0.1) is 13.2 Å². The second-order valence-electron chi connectivity index (χ2n) is 4.74. The molecule has 0 atom stereocenters. The van der Waals surface area contributed by atoms with Crippen LogP contribution in [0, 0.1) is 0 Å². The topological polar surface area (TPSA) is 123 Å². The standard InChI is InChI=1S/C10H20N4O4.C2H4/c1-9(2,7(16)11-5-6-15)13-14-10(3,4)8(17)12-18;1-2/h15,18H,5-6H2,1-4H3,(H,11,16)(H,12,17);1-2H2. The number of carbonyl (C=O) groups is 2. The van der Waals surface area contributed by atoms with Crippen LogP contribution in [-0.4, -0.2) is 46.4 Å². The number of hydroxylamine groups is 1. The zero-order valence-electron chi connectivity index (χ0n) is 12.4. The lowest BCUT2D eigenvalue weighted by molar-refractivity contribution is -0.134. The van der Waals surface area contributed by atoms with E-state index in [-0.39, 0.29) is 13.2 Å². The average Bonchev–Trinajstić information content (AvgIpc) is 2.43. The smallest absolute Gasteiger partial charge is 0.272 e. The molecule has 0 bridgehead atoms. The minimum Gasteiger partial charge on any atom is -0.395 e. The maximum Gasteiger partial charge on any atom is 0.272 e. The average molecular weight is 288 g/mol. The van der Waals surface area contributed by atoms with Crippen molar-refractivity contribution in [3.05, 3.63) is 13.2 Å².